The Hall–Kier alpha value is -2.84. The minimum Gasteiger partial charge on any atom is -0.383 e. The molecule has 0 bridgehead atoms. The molecule has 8 heteroatoms. The number of fused-ring (bicyclic) bond motifs is 1. The molecule has 1 amide bonds. The second-order valence-corrected chi connectivity index (χ2v) is 9.62. The third-order valence-corrected chi connectivity index (χ3v) is 7.03. The van der Waals surface area contributed by atoms with E-state index >= 15 is 0 Å². The monoisotopic (exact) mass is 480 g/mol. The highest BCUT2D eigenvalue weighted by atomic mass is 32.2. The molecular weight excluding hydrogens is 448 g/mol. The fourth-order valence-corrected chi connectivity index (χ4v) is 5.24. The molecule has 2 aromatic carbocycles. The van der Waals surface area contributed by atoms with Gasteiger partial charge >= 0.3 is 0 Å². The fraction of sp³-hybridized carbons (Fsp3) is 0.423. The van der Waals surface area contributed by atoms with Crippen LogP contribution in [0.4, 0.5) is 11.4 Å². The summed E-state index contributed by atoms with van der Waals surface area (Å²) in [6.07, 6.45) is 5.05. The Bertz CT molecular complexity index is 1170. The van der Waals surface area contributed by atoms with Crippen LogP contribution in [0.3, 0.4) is 0 Å². The zero-order valence-corrected chi connectivity index (χ0v) is 20.6. The number of aromatic nitrogens is 2. The van der Waals surface area contributed by atoms with Crippen molar-refractivity contribution in [2.45, 2.75) is 43.8 Å². The first-order valence-electron chi connectivity index (χ1n) is 11.8. The average molecular weight is 481 g/mol. The minimum atomic E-state index is -0.202. The molecule has 0 saturated carbocycles. The maximum Gasteiger partial charge on any atom is 0.262 e. The number of anilines is 2. The molecule has 34 heavy (non-hydrogen) atoms. The number of amides is 1. The number of carbonyl (C=O) groups is 1. The van der Waals surface area contributed by atoms with Crippen LogP contribution < -0.4 is 15.8 Å². The number of benzene rings is 2. The van der Waals surface area contributed by atoms with E-state index in [4.69, 9.17) is 4.74 Å². The molecular formula is C26H32N4O3S. The highest BCUT2D eigenvalue weighted by Gasteiger charge is 2.18. The van der Waals surface area contributed by atoms with Crippen LogP contribution in [0.5, 0.6) is 0 Å². The first-order valence-corrected chi connectivity index (χ1v) is 12.8. The molecule has 1 N–H and O–H groups in total. The lowest BCUT2D eigenvalue weighted by Crippen LogP contribution is -2.29. The summed E-state index contributed by atoms with van der Waals surface area (Å²) in [5, 5.41) is 4.03. The Morgan fingerprint density at radius 1 is 1.09 bits per heavy atom. The highest BCUT2D eigenvalue weighted by molar-refractivity contribution is 7.99. The van der Waals surface area contributed by atoms with Crippen LogP contribution in [-0.4, -0.2) is 48.0 Å². The van der Waals surface area contributed by atoms with E-state index in [2.05, 4.69) is 27.3 Å². The van der Waals surface area contributed by atoms with Crippen molar-refractivity contribution in [3.05, 3.63) is 58.9 Å². The van der Waals surface area contributed by atoms with Gasteiger partial charge in [0.15, 0.2) is 5.16 Å². The zero-order valence-electron chi connectivity index (χ0n) is 19.8. The number of hydrogen-bond acceptors (Lipinski definition) is 6. The van der Waals surface area contributed by atoms with Gasteiger partial charge < -0.3 is 15.0 Å². The largest absolute Gasteiger partial charge is 0.383 e. The Balaban J connectivity index is 1.44. The summed E-state index contributed by atoms with van der Waals surface area (Å²) in [4.78, 5) is 32.9. The summed E-state index contributed by atoms with van der Waals surface area (Å²) in [6.45, 7) is 4.47. The van der Waals surface area contributed by atoms with Gasteiger partial charge in [-0.05, 0) is 56.2 Å². The van der Waals surface area contributed by atoms with Crippen molar-refractivity contribution in [2.75, 3.05) is 42.8 Å². The second-order valence-electron chi connectivity index (χ2n) is 8.68. The van der Waals surface area contributed by atoms with Crippen molar-refractivity contribution < 1.29 is 9.53 Å². The van der Waals surface area contributed by atoms with E-state index in [-0.39, 0.29) is 23.3 Å². The Morgan fingerprint density at radius 3 is 2.50 bits per heavy atom. The molecule has 0 aliphatic carbocycles. The van der Waals surface area contributed by atoms with Gasteiger partial charge in [-0.15, -0.1) is 0 Å². The third kappa shape index (κ3) is 5.80. The lowest BCUT2D eigenvalue weighted by molar-refractivity contribution is -0.113. The second kappa shape index (κ2) is 11.5. The SMILES string of the molecule is COC[C@H](C)n1c(SCC(=O)Nc2ccc(N3CCCCCC3)cc2)nc2ccccc2c1=O. The number of ether oxygens (including phenoxy) is 1. The molecule has 180 valence electrons. The maximum absolute atomic E-state index is 13.1. The average Bonchev–Trinajstić information content (AvgIpc) is 3.13. The van der Waals surface area contributed by atoms with Crippen LogP contribution in [-0.2, 0) is 9.53 Å². The Kier molecular flexibility index (Phi) is 8.24. The van der Waals surface area contributed by atoms with E-state index in [0.717, 1.165) is 18.8 Å². The summed E-state index contributed by atoms with van der Waals surface area (Å²) in [7, 11) is 1.61. The van der Waals surface area contributed by atoms with Crippen molar-refractivity contribution in [1.82, 2.24) is 9.55 Å². The summed E-state index contributed by atoms with van der Waals surface area (Å²) in [5.74, 6) is 0.0131. The van der Waals surface area contributed by atoms with Gasteiger partial charge in [0.05, 0.1) is 29.3 Å². The molecule has 1 saturated heterocycles. The maximum atomic E-state index is 13.1. The van der Waals surface area contributed by atoms with Gasteiger partial charge in [-0.2, -0.15) is 0 Å². The topological polar surface area (TPSA) is 76.5 Å². The molecule has 1 aliphatic rings. The zero-order chi connectivity index (χ0) is 23.9. The van der Waals surface area contributed by atoms with Crippen LogP contribution in [0.2, 0.25) is 0 Å². The third-order valence-electron chi connectivity index (χ3n) is 6.08. The van der Waals surface area contributed by atoms with E-state index < -0.39 is 0 Å². The first-order chi connectivity index (χ1) is 16.6. The summed E-state index contributed by atoms with van der Waals surface area (Å²) in [5.41, 5.74) is 2.47. The molecule has 1 aromatic heterocycles. The molecule has 0 spiro atoms. The van der Waals surface area contributed by atoms with Gasteiger partial charge in [-0.25, -0.2) is 4.98 Å². The number of rotatable bonds is 8. The van der Waals surface area contributed by atoms with Crippen molar-refractivity contribution in [3.63, 3.8) is 0 Å². The molecule has 4 rings (SSSR count). The van der Waals surface area contributed by atoms with E-state index in [1.165, 1.54) is 43.1 Å². The minimum absolute atomic E-state index is 0.123. The predicted molar refractivity (Wildman–Crippen MR) is 139 cm³/mol. The number of carbonyl (C=O) groups excluding carboxylic acids is 1. The quantitative estimate of drug-likeness (QED) is 0.372. The number of methoxy groups -OCH3 is 1. The molecule has 7 nitrogen and oxygen atoms in total. The van der Waals surface area contributed by atoms with Crippen LogP contribution >= 0.6 is 11.8 Å². The lowest BCUT2D eigenvalue weighted by atomic mass is 10.2. The Morgan fingerprint density at radius 2 is 1.79 bits per heavy atom. The van der Waals surface area contributed by atoms with Crippen molar-refractivity contribution >= 4 is 39.9 Å². The Labute approximate surface area is 204 Å². The summed E-state index contributed by atoms with van der Waals surface area (Å²) < 4.78 is 6.89. The molecule has 1 aliphatic heterocycles. The van der Waals surface area contributed by atoms with Gasteiger partial charge in [-0.1, -0.05) is 36.7 Å². The number of nitrogens with zero attached hydrogens (tertiary/aromatic N) is 3. The molecule has 3 aromatic rings. The van der Waals surface area contributed by atoms with Gasteiger partial charge in [0, 0.05) is 31.6 Å². The lowest BCUT2D eigenvalue weighted by Gasteiger charge is -2.22. The van der Waals surface area contributed by atoms with E-state index in [9.17, 15) is 9.59 Å². The van der Waals surface area contributed by atoms with Crippen LogP contribution in [0.1, 0.15) is 38.6 Å². The van der Waals surface area contributed by atoms with Gasteiger partial charge in [0.2, 0.25) is 5.91 Å². The summed E-state index contributed by atoms with van der Waals surface area (Å²) >= 11 is 1.26. The number of thioether (sulfide) groups is 1. The molecule has 2 heterocycles. The normalized spacial score (nSPS) is 15.2. The van der Waals surface area contributed by atoms with Crippen LogP contribution in [0.15, 0.2) is 58.5 Å². The number of hydrogen-bond donors (Lipinski definition) is 1. The smallest absolute Gasteiger partial charge is 0.262 e. The number of para-hydroxylation sites is 1. The predicted octanol–water partition coefficient (Wildman–Crippen LogP) is 4.72. The van der Waals surface area contributed by atoms with Crippen molar-refractivity contribution in [1.29, 1.82) is 0 Å². The molecule has 1 fully saturated rings. The van der Waals surface area contributed by atoms with Crippen molar-refractivity contribution in [3.8, 4) is 0 Å². The number of nitrogens with one attached hydrogen (secondary N) is 1. The molecule has 0 radical (unpaired) electrons. The van der Waals surface area contributed by atoms with Gasteiger partial charge in [-0.3, -0.25) is 14.2 Å². The summed E-state index contributed by atoms with van der Waals surface area (Å²) in [6, 6.07) is 15.1. The fourth-order valence-electron chi connectivity index (χ4n) is 4.34. The van der Waals surface area contributed by atoms with Gasteiger partial charge in [0.1, 0.15) is 0 Å². The van der Waals surface area contributed by atoms with E-state index in [1.807, 2.05) is 37.3 Å². The molecule has 0 unspecified atom stereocenters. The van der Waals surface area contributed by atoms with Gasteiger partial charge in [0.25, 0.3) is 5.56 Å². The van der Waals surface area contributed by atoms with Crippen LogP contribution in [0, 0.1) is 0 Å². The van der Waals surface area contributed by atoms with Crippen LogP contribution in [0.25, 0.3) is 10.9 Å². The van der Waals surface area contributed by atoms with Crippen molar-refractivity contribution in [2.24, 2.45) is 0 Å². The van der Waals surface area contributed by atoms with E-state index in [0.29, 0.717) is 22.7 Å². The highest BCUT2D eigenvalue weighted by Crippen LogP contribution is 2.23. The van der Waals surface area contributed by atoms with E-state index in [1.54, 1.807) is 17.7 Å². The standard InChI is InChI=1S/C26H32N4O3S/c1-19(17-33-2)30-25(32)22-9-5-6-10-23(22)28-26(30)34-18-24(31)27-20-11-13-21(14-12-20)29-15-7-3-4-8-16-29/h5-6,9-14,19H,3-4,7-8,15-18H2,1-2H3,(H,27,31)/t19-/m0/s1. The molecule has 1 atom stereocenters. The first kappa shape index (κ1) is 24.3.